The molecule has 0 aliphatic carbocycles. The number of nitrogens with zero attached hydrogens (tertiary/aromatic N) is 1. The molecule has 1 atom stereocenters. The number of pyridine rings is 1. The Morgan fingerprint density at radius 3 is 2.33 bits per heavy atom. The summed E-state index contributed by atoms with van der Waals surface area (Å²) in [6.07, 6.45) is 2.87. The van der Waals surface area contributed by atoms with Crippen LogP contribution < -0.4 is 4.74 Å². The molecule has 7 heteroatoms. The first kappa shape index (κ1) is 22.0. The smallest absolute Gasteiger partial charge is 0.212 e. The minimum absolute atomic E-state index is 0.0725. The zero-order chi connectivity index (χ0) is 21.9. The van der Waals surface area contributed by atoms with Crippen LogP contribution in [-0.2, 0) is 9.84 Å². The highest BCUT2D eigenvalue weighted by Gasteiger charge is 2.22. The number of carbonyl (C=O) groups is 1. The Hall–Kier alpha value is -2.70. The van der Waals surface area contributed by atoms with E-state index in [9.17, 15) is 13.2 Å². The van der Waals surface area contributed by atoms with Crippen LogP contribution in [-0.4, -0.2) is 32.6 Å². The summed E-state index contributed by atoms with van der Waals surface area (Å²) >= 11 is 6.12. The highest BCUT2D eigenvalue weighted by Crippen LogP contribution is 2.33. The van der Waals surface area contributed by atoms with E-state index in [1.165, 1.54) is 19.6 Å². The maximum absolute atomic E-state index is 13.0. The van der Waals surface area contributed by atoms with Crippen molar-refractivity contribution in [2.24, 2.45) is 0 Å². The highest BCUT2D eigenvalue weighted by molar-refractivity contribution is 7.90. The number of Topliss-reactive ketones (excluding diaryl/α,β-unsaturated/α-hetero) is 1. The summed E-state index contributed by atoms with van der Waals surface area (Å²) in [4.78, 5) is 17.4. The Labute approximate surface area is 181 Å². The molecule has 0 bridgehead atoms. The molecular formula is C23H22ClNO4S. The van der Waals surface area contributed by atoms with Gasteiger partial charge in [-0.1, -0.05) is 29.8 Å². The Kier molecular flexibility index (Phi) is 6.58. The fourth-order valence-corrected chi connectivity index (χ4v) is 4.21. The first-order chi connectivity index (χ1) is 14.2. The van der Waals surface area contributed by atoms with Crippen LogP contribution >= 0.6 is 11.6 Å². The van der Waals surface area contributed by atoms with Gasteiger partial charge in [-0.05, 0) is 53.9 Å². The number of rotatable bonds is 7. The van der Waals surface area contributed by atoms with E-state index in [-0.39, 0.29) is 23.0 Å². The number of carbonyl (C=O) groups excluding carboxylic acids is 1. The summed E-state index contributed by atoms with van der Waals surface area (Å²) in [6, 6.07) is 15.6. The summed E-state index contributed by atoms with van der Waals surface area (Å²) in [6.45, 7) is 1.94. The normalized spacial score (nSPS) is 12.4. The molecule has 156 valence electrons. The number of halogens is 1. The van der Waals surface area contributed by atoms with Gasteiger partial charge in [-0.2, -0.15) is 0 Å². The van der Waals surface area contributed by atoms with Gasteiger partial charge in [-0.15, -0.1) is 0 Å². The standard InChI is InChI=1S/C23H22ClNO4S/c1-15-12-18(24)7-10-20(15)21(16-4-8-19(9-5-16)30(3,27)28)13-22(26)17-6-11-23(29-2)25-14-17/h4-12,14,21H,13H2,1-3H3. The topological polar surface area (TPSA) is 73.3 Å². The quantitative estimate of drug-likeness (QED) is 0.487. The van der Waals surface area contributed by atoms with Gasteiger partial charge < -0.3 is 4.74 Å². The average molecular weight is 444 g/mol. The van der Waals surface area contributed by atoms with E-state index in [1.807, 2.05) is 19.1 Å². The van der Waals surface area contributed by atoms with Crippen LogP contribution in [0.2, 0.25) is 5.02 Å². The van der Waals surface area contributed by atoms with Crippen molar-refractivity contribution >= 4 is 27.2 Å². The third-order valence-corrected chi connectivity index (χ3v) is 6.34. The molecule has 0 aliphatic rings. The van der Waals surface area contributed by atoms with Crippen molar-refractivity contribution in [3.8, 4) is 5.88 Å². The lowest BCUT2D eigenvalue weighted by Crippen LogP contribution is -2.11. The molecule has 0 aliphatic heterocycles. The molecule has 1 unspecified atom stereocenters. The van der Waals surface area contributed by atoms with Crippen molar-refractivity contribution in [2.75, 3.05) is 13.4 Å². The van der Waals surface area contributed by atoms with E-state index < -0.39 is 9.84 Å². The van der Waals surface area contributed by atoms with Gasteiger partial charge in [0, 0.05) is 41.4 Å². The van der Waals surface area contributed by atoms with E-state index in [0.717, 1.165) is 16.7 Å². The van der Waals surface area contributed by atoms with Gasteiger partial charge in [0.1, 0.15) is 0 Å². The van der Waals surface area contributed by atoms with Crippen LogP contribution in [0.3, 0.4) is 0 Å². The fraction of sp³-hybridized carbons (Fsp3) is 0.217. The maximum atomic E-state index is 13.0. The highest BCUT2D eigenvalue weighted by atomic mass is 35.5. The van der Waals surface area contributed by atoms with Gasteiger partial charge in [-0.25, -0.2) is 13.4 Å². The Morgan fingerprint density at radius 2 is 1.80 bits per heavy atom. The predicted molar refractivity (Wildman–Crippen MR) is 117 cm³/mol. The summed E-state index contributed by atoms with van der Waals surface area (Å²) in [7, 11) is -1.78. The summed E-state index contributed by atoms with van der Waals surface area (Å²) < 4.78 is 28.7. The van der Waals surface area contributed by atoms with Gasteiger partial charge in [0.05, 0.1) is 12.0 Å². The summed E-state index contributed by atoms with van der Waals surface area (Å²) in [5.74, 6) is 0.107. The number of aromatic nitrogens is 1. The second kappa shape index (κ2) is 8.98. The lowest BCUT2D eigenvalue weighted by Gasteiger charge is -2.20. The molecule has 0 amide bonds. The fourth-order valence-electron chi connectivity index (χ4n) is 3.35. The van der Waals surface area contributed by atoms with Crippen molar-refractivity contribution in [1.82, 2.24) is 4.98 Å². The third-order valence-electron chi connectivity index (χ3n) is 4.97. The number of benzene rings is 2. The van der Waals surface area contributed by atoms with Crippen LogP contribution in [0, 0.1) is 6.92 Å². The summed E-state index contributed by atoms with van der Waals surface area (Å²) in [5, 5.41) is 0.619. The van der Waals surface area contributed by atoms with Crippen molar-refractivity contribution in [1.29, 1.82) is 0 Å². The van der Waals surface area contributed by atoms with Crippen molar-refractivity contribution < 1.29 is 17.9 Å². The number of aryl methyl sites for hydroxylation is 1. The van der Waals surface area contributed by atoms with Gasteiger partial charge >= 0.3 is 0 Å². The summed E-state index contributed by atoms with van der Waals surface area (Å²) in [5.41, 5.74) is 3.25. The average Bonchev–Trinajstić information content (AvgIpc) is 2.72. The van der Waals surface area contributed by atoms with Crippen LogP contribution in [0.15, 0.2) is 65.7 Å². The molecule has 1 aromatic heterocycles. The number of methoxy groups -OCH3 is 1. The lowest BCUT2D eigenvalue weighted by molar-refractivity contribution is 0.0977. The van der Waals surface area contributed by atoms with E-state index >= 15 is 0 Å². The van der Waals surface area contributed by atoms with E-state index in [4.69, 9.17) is 16.3 Å². The molecule has 3 rings (SSSR count). The minimum Gasteiger partial charge on any atom is -0.481 e. The molecule has 30 heavy (non-hydrogen) atoms. The van der Waals surface area contributed by atoms with Crippen LogP contribution in [0.25, 0.3) is 0 Å². The van der Waals surface area contributed by atoms with E-state index in [1.54, 1.807) is 42.5 Å². The van der Waals surface area contributed by atoms with Crippen molar-refractivity contribution in [3.63, 3.8) is 0 Å². The number of sulfone groups is 1. The third kappa shape index (κ3) is 5.07. The molecule has 3 aromatic rings. The SMILES string of the molecule is COc1ccc(C(=O)CC(c2ccc(S(C)(=O)=O)cc2)c2ccc(Cl)cc2C)cn1. The van der Waals surface area contributed by atoms with E-state index in [0.29, 0.717) is 16.5 Å². The van der Waals surface area contributed by atoms with Gasteiger partial charge in [-0.3, -0.25) is 4.79 Å². The maximum Gasteiger partial charge on any atom is 0.212 e. The van der Waals surface area contributed by atoms with Crippen molar-refractivity contribution in [2.45, 2.75) is 24.2 Å². The molecule has 0 spiro atoms. The zero-order valence-electron chi connectivity index (χ0n) is 16.9. The molecule has 0 saturated carbocycles. The first-order valence-electron chi connectivity index (χ1n) is 9.28. The van der Waals surface area contributed by atoms with Crippen LogP contribution in [0.5, 0.6) is 5.88 Å². The molecule has 1 heterocycles. The largest absolute Gasteiger partial charge is 0.481 e. The number of ketones is 1. The zero-order valence-corrected chi connectivity index (χ0v) is 18.5. The Morgan fingerprint density at radius 1 is 1.10 bits per heavy atom. The first-order valence-corrected chi connectivity index (χ1v) is 11.6. The Bertz CT molecular complexity index is 1160. The second-order valence-electron chi connectivity index (χ2n) is 7.11. The molecule has 0 saturated heterocycles. The van der Waals surface area contributed by atoms with Gasteiger partial charge in [0.15, 0.2) is 15.6 Å². The number of ether oxygens (including phenoxy) is 1. The lowest BCUT2D eigenvalue weighted by atomic mass is 9.84. The molecule has 0 N–H and O–H groups in total. The predicted octanol–water partition coefficient (Wildman–Crippen LogP) is 4.86. The molecule has 2 aromatic carbocycles. The van der Waals surface area contributed by atoms with Crippen LogP contribution in [0.1, 0.15) is 39.4 Å². The van der Waals surface area contributed by atoms with Gasteiger partial charge in [0.2, 0.25) is 5.88 Å². The molecule has 5 nitrogen and oxygen atoms in total. The molecule has 0 fully saturated rings. The monoisotopic (exact) mass is 443 g/mol. The van der Waals surface area contributed by atoms with Crippen LogP contribution in [0.4, 0.5) is 0 Å². The minimum atomic E-state index is -3.30. The second-order valence-corrected chi connectivity index (χ2v) is 9.56. The van der Waals surface area contributed by atoms with Gasteiger partial charge in [0.25, 0.3) is 0 Å². The number of hydrogen-bond donors (Lipinski definition) is 0. The molecular weight excluding hydrogens is 422 g/mol. The number of hydrogen-bond acceptors (Lipinski definition) is 5. The van der Waals surface area contributed by atoms with E-state index in [2.05, 4.69) is 4.98 Å². The van der Waals surface area contributed by atoms with Crippen molar-refractivity contribution in [3.05, 3.63) is 88.1 Å². The molecule has 0 radical (unpaired) electrons. The Balaban J connectivity index is 1.99.